The first-order valence-electron chi connectivity index (χ1n) is 11.3. The lowest BCUT2D eigenvalue weighted by Gasteiger charge is -2.16. The second-order valence-corrected chi connectivity index (χ2v) is 10.9. The number of rotatable bonds is 5. The van der Waals surface area contributed by atoms with Crippen molar-refractivity contribution in [1.29, 1.82) is 0 Å². The van der Waals surface area contributed by atoms with Crippen LogP contribution < -0.4 is 16.4 Å². The van der Waals surface area contributed by atoms with Gasteiger partial charge in [0.15, 0.2) is 0 Å². The Labute approximate surface area is 199 Å². The fourth-order valence-corrected chi connectivity index (χ4v) is 5.57. The molecule has 5 rings (SSSR count). The van der Waals surface area contributed by atoms with Crippen LogP contribution in [0.4, 0.5) is 11.5 Å². The van der Waals surface area contributed by atoms with E-state index in [2.05, 4.69) is 15.6 Å². The van der Waals surface area contributed by atoms with Crippen LogP contribution in [0.2, 0.25) is 0 Å². The fraction of sp³-hybridized carbons (Fsp3) is 0.280. The average Bonchev–Trinajstić information content (AvgIpc) is 3.68. The van der Waals surface area contributed by atoms with Gasteiger partial charge in [0.05, 0.1) is 10.5 Å². The number of anilines is 2. The highest BCUT2D eigenvalue weighted by atomic mass is 32.2. The molecule has 1 aliphatic carbocycles. The minimum atomic E-state index is -3.49. The fourth-order valence-electron chi connectivity index (χ4n) is 4.16. The second-order valence-electron chi connectivity index (χ2n) is 8.95. The molecule has 3 aromatic rings. The van der Waals surface area contributed by atoms with Gasteiger partial charge in [-0.05, 0) is 61.2 Å². The van der Waals surface area contributed by atoms with Crippen LogP contribution in [-0.2, 0) is 10.0 Å². The Kier molecular flexibility index (Phi) is 5.53. The summed E-state index contributed by atoms with van der Waals surface area (Å²) >= 11 is 0. The highest BCUT2D eigenvalue weighted by molar-refractivity contribution is 7.89. The molecule has 9 heteroatoms. The van der Waals surface area contributed by atoms with Crippen LogP contribution in [0, 0.1) is 0 Å². The molecule has 1 aromatic heterocycles. The molecule has 0 saturated heterocycles. The van der Waals surface area contributed by atoms with Gasteiger partial charge in [0, 0.05) is 48.7 Å². The van der Waals surface area contributed by atoms with Gasteiger partial charge in [-0.25, -0.2) is 13.4 Å². The summed E-state index contributed by atoms with van der Waals surface area (Å²) in [7, 11) is -1.86. The zero-order chi connectivity index (χ0) is 24.0. The molecule has 0 bridgehead atoms. The van der Waals surface area contributed by atoms with Gasteiger partial charge in [0.1, 0.15) is 5.82 Å². The number of hydrogen-bond donors (Lipinski definition) is 3. The van der Waals surface area contributed by atoms with Crippen LogP contribution in [-0.4, -0.2) is 49.3 Å². The third-order valence-electron chi connectivity index (χ3n) is 6.40. The number of fused-ring (bicyclic) bond motifs is 1. The number of pyridine rings is 1. The average molecular weight is 478 g/mol. The van der Waals surface area contributed by atoms with E-state index in [4.69, 9.17) is 5.73 Å². The first kappa shape index (κ1) is 22.4. The van der Waals surface area contributed by atoms with Crippen molar-refractivity contribution < 1.29 is 13.2 Å². The van der Waals surface area contributed by atoms with E-state index in [1.165, 1.54) is 4.31 Å². The van der Waals surface area contributed by atoms with Gasteiger partial charge >= 0.3 is 0 Å². The van der Waals surface area contributed by atoms with E-state index in [-0.39, 0.29) is 22.9 Å². The molecule has 1 atom stereocenters. The summed E-state index contributed by atoms with van der Waals surface area (Å²) in [5.41, 5.74) is 10.8. The van der Waals surface area contributed by atoms with Crippen molar-refractivity contribution in [2.24, 2.45) is 0 Å². The molecule has 0 radical (unpaired) electrons. The zero-order valence-electron chi connectivity index (χ0n) is 19.1. The Hall–Kier alpha value is -3.43. The molecule has 1 fully saturated rings. The van der Waals surface area contributed by atoms with E-state index < -0.39 is 10.0 Å². The lowest BCUT2D eigenvalue weighted by Crippen LogP contribution is -2.34. The molecule has 1 amide bonds. The van der Waals surface area contributed by atoms with Gasteiger partial charge in [-0.15, -0.1) is 0 Å². The molecule has 8 nitrogen and oxygen atoms in total. The van der Waals surface area contributed by atoms with Crippen molar-refractivity contribution in [3.05, 3.63) is 60.3 Å². The molecule has 2 aromatic carbocycles. The maximum atomic E-state index is 12.8. The van der Waals surface area contributed by atoms with Crippen molar-refractivity contribution in [3.8, 4) is 22.3 Å². The highest BCUT2D eigenvalue weighted by Crippen LogP contribution is 2.34. The molecule has 1 aliphatic heterocycles. The van der Waals surface area contributed by atoms with E-state index in [1.54, 1.807) is 43.6 Å². The summed E-state index contributed by atoms with van der Waals surface area (Å²) in [6.45, 7) is 2.57. The zero-order valence-corrected chi connectivity index (χ0v) is 19.9. The van der Waals surface area contributed by atoms with Crippen LogP contribution in [0.5, 0.6) is 0 Å². The molecule has 176 valence electrons. The quantitative estimate of drug-likeness (QED) is 0.519. The molecule has 2 aliphatic rings. The molecule has 0 spiro atoms. The van der Waals surface area contributed by atoms with Gasteiger partial charge in [-0.2, -0.15) is 4.31 Å². The Bertz CT molecular complexity index is 1370. The summed E-state index contributed by atoms with van der Waals surface area (Å²) in [6, 6.07) is 14.5. The third kappa shape index (κ3) is 4.12. The lowest BCUT2D eigenvalue weighted by atomic mass is 9.99. The lowest BCUT2D eigenvalue weighted by molar-refractivity contribution is 0.0945. The molecular weight excluding hydrogens is 450 g/mol. The minimum absolute atomic E-state index is 0.0225. The SMILES string of the molecule is CC1CNc2cc(-c3cc(-c4ccc(S(=O)(=O)N(C)C5CC5)cc4)cnc3N)ccc2C(=O)N1. The van der Waals surface area contributed by atoms with E-state index in [9.17, 15) is 13.2 Å². The normalized spacial score (nSPS) is 18.1. The Morgan fingerprint density at radius 1 is 1.00 bits per heavy atom. The Morgan fingerprint density at radius 3 is 2.41 bits per heavy atom. The molecule has 1 unspecified atom stereocenters. The number of carbonyl (C=O) groups excluding carboxylic acids is 1. The number of aromatic nitrogens is 1. The van der Waals surface area contributed by atoms with E-state index >= 15 is 0 Å². The maximum Gasteiger partial charge on any atom is 0.253 e. The number of nitrogens with two attached hydrogens (primary N) is 1. The number of hydrogen-bond acceptors (Lipinski definition) is 6. The summed E-state index contributed by atoms with van der Waals surface area (Å²) < 4.78 is 27.0. The number of carbonyl (C=O) groups is 1. The molecule has 2 heterocycles. The smallest absolute Gasteiger partial charge is 0.253 e. The molecular formula is C25H27N5O3S. The van der Waals surface area contributed by atoms with Crippen molar-refractivity contribution in [2.75, 3.05) is 24.6 Å². The molecule has 4 N–H and O–H groups in total. The van der Waals surface area contributed by atoms with Crippen LogP contribution in [0.25, 0.3) is 22.3 Å². The summed E-state index contributed by atoms with van der Waals surface area (Å²) in [5, 5.41) is 6.26. The van der Waals surface area contributed by atoms with E-state index in [1.807, 2.05) is 25.1 Å². The van der Waals surface area contributed by atoms with E-state index in [0.717, 1.165) is 40.8 Å². The van der Waals surface area contributed by atoms with Gasteiger partial charge in [0.2, 0.25) is 10.0 Å². The van der Waals surface area contributed by atoms with Gasteiger partial charge < -0.3 is 16.4 Å². The number of nitrogen functional groups attached to an aromatic ring is 1. The van der Waals surface area contributed by atoms with Gasteiger partial charge in [-0.3, -0.25) is 4.79 Å². The Morgan fingerprint density at radius 2 is 1.71 bits per heavy atom. The molecule has 34 heavy (non-hydrogen) atoms. The van der Waals surface area contributed by atoms with Gasteiger partial charge in [0.25, 0.3) is 5.91 Å². The van der Waals surface area contributed by atoms with Crippen molar-refractivity contribution in [3.63, 3.8) is 0 Å². The summed E-state index contributed by atoms with van der Waals surface area (Å²) in [6.07, 6.45) is 3.50. The maximum absolute atomic E-state index is 12.8. The predicted octanol–water partition coefficient (Wildman–Crippen LogP) is 3.32. The molecule has 1 saturated carbocycles. The number of benzene rings is 2. The Balaban J connectivity index is 1.46. The minimum Gasteiger partial charge on any atom is -0.383 e. The monoisotopic (exact) mass is 477 g/mol. The van der Waals surface area contributed by atoms with Crippen LogP contribution in [0.3, 0.4) is 0 Å². The summed E-state index contributed by atoms with van der Waals surface area (Å²) in [4.78, 5) is 17.1. The van der Waals surface area contributed by atoms with Gasteiger partial charge in [-0.1, -0.05) is 18.2 Å². The largest absolute Gasteiger partial charge is 0.383 e. The van der Waals surface area contributed by atoms with Crippen LogP contribution in [0.15, 0.2) is 59.6 Å². The third-order valence-corrected chi connectivity index (χ3v) is 8.32. The standard InChI is InChI=1S/C25H27N5O3S/c1-15-13-27-23-12-17(5-10-21(23)25(31)29-15)22-11-18(14-28-24(22)26)16-3-8-20(9-4-16)34(32,33)30(2)19-6-7-19/h3-5,8-12,14-15,19,27H,6-7,13H2,1-2H3,(H2,26,28)(H,29,31). The number of nitrogens with one attached hydrogen (secondary N) is 2. The predicted molar refractivity (Wildman–Crippen MR) is 133 cm³/mol. The number of amides is 1. The topological polar surface area (TPSA) is 117 Å². The van der Waals surface area contributed by atoms with Crippen LogP contribution >= 0.6 is 0 Å². The summed E-state index contributed by atoms with van der Waals surface area (Å²) in [5.74, 6) is 0.265. The first-order chi connectivity index (χ1) is 16.2. The van der Waals surface area contributed by atoms with Crippen molar-refractivity contribution >= 4 is 27.4 Å². The van der Waals surface area contributed by atoms with Crippen molar-refractivity contribution in [2.45, 2.75) is 36.7 Å². The van der Waals surface area contributed by atoms with E-state index in [0.29, 0.717) is 17.9 Å². The first-order valence-corrected chi connectivity index (χ1v) is 12.7. The van der Waals surface area contributed by atoms with Crippen LogP contribution in [0.1, 0.15) is 30.1 Å². The second kappa shape index (κ2) is 8.41. The van der Waals surface area contributed by atoms with Crippen molar-refractivity contribution in [1.82, 2.24) is 14.6 Å². The highest BCUT2D eigenvalue weighted by Gasteiger charge is 2.35. The number of sulfonamides is 1. The number of nitrogens with zero attached hydrogens (tertiary/aromatic N) is 2.